The zero-order chi connectivity index (χ0) is 14.3. The third-order valence-electron chi connectivity index (χ3n) is 3.25. The number of aryl methyl sites for hydroxylation is 2. The van der Waals surface area contributed by atoms with E-state index in [1.54, 1.807) is 11.3 Å². The Hall–Kier alpha value is -1.68. The number of imide groups is 1. The van der Waals surface area contributed by atoms with Crippen LogP contribution in [0.5, 0.6) is 0 Å². The number of carbonyl (C=O) groups excluding carboxylic acids is 2. The molecule has 1 aliphatic heterocycles. The first kappa shape index (κ1) is 13.7. The Labute approximate surface area is 117 Å². The Morgan fingerprint density at radius 1 is 1.05 bits per heavy atom. The number of hydrogen-bond donors (Lipinski definition) is 1. The lowest BCUT2D eigenvalue weighted by Gasteiger charge is -2.06. The van der Waals surface area contributed by atoms with E-state index in [2.05, 4.69) is 11.4 Å². The predicted octanol–water partition coefficient (Wildman–Crippen LogP) is 3.13. The summed E-state index contributed by atoms with van der Waals surface area (Å²) in [5.41, 5.74) is 3.83. The summed E-state index contributed by atoms with van der Waals surface area (Å²) in [7, 11) is 0. The number of amides is 2. The van der Waals surface area contributed by atoms with Gasteiger partial charge < -0.3 is 0 Å². The Balaban J connectivity index is 2.69. The van der Waals surface area contributed by atoms with Crippen LogP contribution in [0.15, 0.2) is 22.8 Å². The van der Waals surface area contributed by atoms with Crippen molar-refractivity contribution in [1.82, 2.24) is 5.32 Å². The topological polar surface area (TPSA) is 46.2 Å². The summed E-state index contributed by atoms with van der Waals surface area (Å²) in [5.74, 6) is -0.578. The van der Waals surface area contributed by atoms with Crippen molar-refractivity contribution in [1.29, 1.82) is 0 Å². The largest absolute Gasteiger partial charge is 0.288 e. The Bertz CT molecular complexity index is 643. The van der Waals surface area contributed by atoms with Gasteiger partial charge in [-0.1, -0.05) is 5.57 Å². The fourth-order valence-corrected chi connectivity index (χ4v) is 3.41. The molecule has 0 unspecified atom stereocenters. The third-order valence-corrected chi connectivity index (χ3v) is 4.22. The zero-order valence-corrected chi connectivity index (χ0v) is 12.6. The minimum atomic E-state index is -0.290. The van der Waals surface area contributed by atoms with Gasteiger partial charge in [-0.25, -0.2) is 0 Å². The molecule has 0 bridgehead atoms. The van der Waals surface area contributed by atoms with Crippen molar-refractivity contribution in [3.05, 3.63) is 38.1 Å². The van der Waals surface area contributed by atoms with Crippen LogP contribution in [0.4, 0.5) is 0 Å². The normalized spacial score (nSPS) is 17.8. The summed E-state index contributed by atoms with van der Waals surface area (Å²) in [6.07, 6.45) is 0. The zero-order valence-electron chi connectivity index (χ0n) is 11.8. The molecule has 100 valence electrons. The van der Waals surface area contributed by atoms with Gasteiger partial charge in [0.2, 0.25) is 0 Å². The number of nitrogens with one attached hydrogen (secondary N) is 1. The number of thiophene rings is 1. The van der Waals surface area contributed by atoms with Crippen LogP contribution in [0.3, 0.4) is 0 Å². The van der Waals surface area contributed by atoms with E-state index in [-0.39, 0.29) is 11.8 Å². The van der Waals surface area contributed by atoms with Crippen molar-refractivity contribution in [2.75, 3.05) is 0 Å². The molecule has 1 aliphatic rings. The van der Waals surface area contributed by atoms with Crippen molar-refractivity contribution in [2.45, 2.75) is 34.6 Å². The van der Waals surface area contributed by atoms with Gasteiger partial charge in [-0.2, -0.15) is 0 Å². The Kier molecular flexibility index (Phi) is 3.45. The Morgan fingerprint density at radius 3 is 2.11 bits per heavy atom. The monoisotopic (exact) mass is 275 g/mol. The first-order valence-electron chi connectivity index (χ1n) is 6.14. The summed E-state index contributed by atoms with van der Waals surface area (Å²) < 4.78 is 0. The average molecular weight is 275 g/mol. The van der Waals surface area contributed by atoms with Crippen LogP contribution in [0.25, 0.3) is 5.57 Å². The second-order valence-corrected chi connectivity index (χ2v) is 6.45. The van der Waals surface area contributed by atoms with Crippen LogP contribution in [-0.4, -0.2) is 11.8 Å². The molecule has 1 aromatic rings. The van der Waals surface area contributed by atoms with E-state index in [9.17, 15) is 9.59 Å². The van der Waals surface area contributed by atoms with E-state index < -0.39 is 0 Å². The molecule has 2 heterocycles. The van der Waals surface area contributed by atoms with Gasteiger partial charge in [-0.05, 0) is 51.8 Å². The molecule has 1 fully saturated rings. The molecule has 1 N–H and O–H groups in total. The molecule has 0 atom stereocenters. The lowest BCUT2D eigenvalue weighted by molar-refractivity contribution is -0.123. The summed E-state index contributed by atoms with van der Waals surface area (Å²) >= 11 is 1.70. The molecule has 0 radical (unpaired) electrons. The second-order valence-electron chi connectivity index (χ2n) is 4.99. The highest BCUT2D eigenvalue weighted by Crippen LogP contribution is 2.33. The minimum absolute atomic E-state index is 0.288. The smallest absolute Gasteiger partial charge is 0.259 e. The molecule has 0 aliphatic carbocycles. The predicted molar refractivity (Wildman–Crippen MR) is 77.9 cm³/mol. The molecule has 2 rings (SSSR count). The maximum atomic E-state index is 12.0. The molecule has 0 saturated carbocycles. The van der Waals surface area contributed by atoms with Gasteiger partial charge in [0.25, 0.3) is 11.8 Å². The van der Waals surface area contributed by atoms with Gasteiger partial charge in [0.15, 0.2) is 0 Å². The lowest BCUT2D eigenvalue weighted by atomic mass is 9.95. The highest BCUT2D eigenvalue weighted by molar-refractivity contribution is 7.12. The standard InChI is InChI=1S/C15H17NO2S/c1-7(2)12-13(15(18)16-14(12)17)9(4)11-6-8(3)19-10(11)5/h6H,1-5H3,(H,16,17,18)/b13-9-. The summed E-state index contributed by atoms with van der Waals surface area (Å²) in [6.45, 7) is 9.69. The summed E-state index contributed by atoms with van der Waals surface area (Å²) in [5, 5.41) is 2.39. The van der Waals surface area contributed by atoms with E-state index in [0.717, 1.165) is 16.7 Å². The molecule has 1 aromatic heterocycles. The van der Waals surface area contributed by atoms with E-state index >= 15 is 0 Å². The van der Waals surface area contributed by atoms with E-state index in [1.165, 1.54) is 9.75 Å². The molecule has 0 spiro atoms. The van der Waals surface area contributed by atoms with Crippen LogP contribution in [0, 0.1) is 13.8 Å². The molecule has 19 heavy (non-hydrogen) atoms. The van der Waals surface area contributed by atoms with Gasteiger partial charge in [0, 0.05) is 9.75 Å². The highest BCUT2D eigenvalue weighted by Gasteiger charge is 2.33. The fourth-order valence-electron chi connectivity index (χ4n) is 2.43. The highest BCUT2D eigenvalue weighted by atomic mass is 32.1. The molecule has 3 nitrogen and oxygen atoms in total. The molecular formula is C15H17NO2S. The van der Waals surface area contributed by atoms with Gasteiger partial charge in [-0.15, -0.1) is 11.3 Å². The minimum Gasteiger partial charge on any atom is -0.288 e. The number of carbonyl (C=O) groups is 2. The van der Waals surface area contributed by atoms with Crippen molar-refractivity contribution < 1.29 is 9.59 Å². The third kappa shape index (κ3) is 2.28. The molecule has 2 amide bonds. The molecular weight excluding hydrogens is 258 g/mol. The quantitative estimate of drug-likeness (QED) is 0.632. The summed E-state index contributed by atoms with van der Waals surface area (Å²) in [4.78, 5) is 26.2. The van der Waals surface area contributed by atoms with Gasteiger partial charge in [-0.3, -0.25) is 14.9 Å². The first-order chi connectivity index (χ1) is 8.82. The van der Waals surface area contributed by atoms with Gasteiger partial charge >= 0.3 is 0 Å². The van der Waals surface area contributed by atoms with Gasteiger partial charge in [0.1, 0.15) is 0 Å². The number of rotatable bonds is 1. The lowest BCUT2D eigenvalue weighted by Crippen LogP contribution is -2.20. The Morgan fingerprint density at radius 2 is 1.63 bits per heavy atom. The van der Waals surface area contributed by atoms with Crippen LogP contribution in [0.2, 0.25) is 0 Å². The van der Waals surface area contributed by atoms with Crippen LogP contribution in [0.1, 0.15) is 36.1 Å². The summed E-state index contributed by atoms with van der Waals surface area (Å²) in [6, 6.07) is 2.07. The van der Waals surface area contributed by atoms with Crippen LogP contribution in [-0.2, 0) is 9.59 Å². The SMILES string of the molecule is CC(C)=C1C(=O)NC(=O)/C1=C(/C)c1cc(C)sc1C. The van der Waals surface area contributed by atoms with Crippen molar-refractivity contribution in [3.63, 3.8) is 0 Å². The van der Waals surface area contributed by atoms with Crippen LogP contribution < -0.4 is 5.32 Å². The number of hydrogen-bond acceptors (Lipinski definition) is 3. The molecule has 4 heteroatoms. The fraction of sp³-hybridized carbons (Fsp3) is 0.333. The van der Waals surface area contributed by atoms with Gasteiger partial charge in [0.05, 0.1) is 11.1 Å². The van der Waals surface area contributed by atoms with E-state index in [0.29, 0.717) is 11.1 Å². The van der Waals surface area contributed by atoms with E-state index in [4.69, 9.17) is 0 Å². The van der Waals surface area contributed by atoms with Crippen molar-refractivity contribution in [2.24, 2.45) is 0 Å². The van der Waals surface area contributed by atoms with E-state index in [1.807, 2.05) is 34.6 Å². The number of allylic oxidation sites excluding steroid dienone is 2. The maximum Gasteiger partial charge on any atom is 0.259 e. The van der Waals surface area contributed by atoms with Crippen LogP contribution >= 0.6 is 11.3 Å². The molecule has 0 aromatic carbocycles. The maximum absolute atomic E-state index is 12.0. The first-order valence-corrected chi connectivity index (χ1v) is 6.96. The van der Waals surface area contributed by atoms with Crippen molar-refractivity contribution >= 4 is 28.7 Å². The average Bonchev–Trinajstić information content (AvgIpc) is 2.77. The van der Waals surface area contributed by atoms with Crippen molar-refractivity contribution in [3.8, 4) is 0 Å². The molecule has 1 saturated heterocycles. The second kappa shape index (κ2) is 4.78.